The van der Waals surface area contributed by atoms with Crippen molar-refractivity contribution in [3.8, 4) is 11.1 Å². The van der Waals surface area contributed by atoms with Gasteiger partial charge in [0.2, 0.25) is 0 Å². The zero-order valence-corrected chi connectivity index (χ0v) is 38.6. The Labute approximate surface area is 363 Å². The van der Waals surface area contributed by atoms with E-state index in [9.17, 15) is 0 Å². The van der Waals surface area contributed by atoms with Crippen LogP contribution in [-0.4, -0.2) is 6.71 Å². The highest BCUT2D eigenvalue weighted by atomic mass is 32.1. The van der Waals surface area contributed by atoms with E-state index in [2.05, 4.69) is 208 Å². The molecule has 1 aromatic heterocycles. The van der Waals surface area contributed by atoms with Crippen LogP contribution < -0.4 is 26.2 Å². The molecule has 60 heavy (non-hydrogen) atoms. The Morgan fingerprint density at radius 2 is 1.23 bits per heavy atom. The van der Waals surface area contributed by atoms with E-state index in [-0.39, 0.29) is 28.4 Å². The third-order valence-corrected chi connectivity index (χ3v) is 15.3. The van der Waals surface area contributed by atoms with Gasteiger partial charge in [0.25, 0.3) is 6.71 Å². The number of anilines is 6. The number of thiophene rings is 1. The van der Waals surface area contributed by atoms with Gasteiger partial charge < -0.3 is 9.80 Å². The highest BCUT2D eigenvalue weighted by Crippen LogP contribution is 2.55. The SMILES string of the molecule is Cc1cc2c3c(c1)N(c1ccc(C(C)(C)C)cc1)c1c(ccc4c1C(C)(C)CCC4(C)C)B3c1c(sc3ccc(C)cc13)N2c1ccc(C(C)(C)C)cc1-c1ccccc1. The Balaban J connectivity index is 1.35. The largest absolute Gasteiger partial charge is 0.311 e. The first-order valence-corrected chi connectivity index (χ1v) is 22.9. The van der Waals surface area contributed by atoms with Crippen LogP contribution in [0.3, 0.4) is 0 Å². The maximum Gasteiger partial charge on any atom is 0.254 e. The molecule has 10 rings (SSSR count). The summed E-state index contributed by atoms with van der Waals surface area (Å²) >= 11 is 1.96. The molecule has 0 fully saturated rings. The number of benzene rings is 6. The Morgan fingerprint density at radius 1 is 0.583 bits per heavy atom. The fourth-order valence-corrected chi connectivity index (χ4v) is 11.9. The minimum Gasteiger partial charge on any atom is -0.311 e. The van der Waals surface area contributed by atoms with Gasteiger partial charge in [-0.1, -0.05) is 148 Å². The number of aryl methyl sites for hydroxylation is 2. The summed E-state index contributed by atoms with van der Waals surface area (Å²) in [6, 6.07) is 45.0. The average molecular weight is 803 g/mol. The lowest BCUT2D eigenvalue weighted by Crippen LogP contribution is -2.61. The minimum absolute atomic E-state index is 0.000174. The van der Waals surface area contributed by atoms with Gasteiger partial charge in [-0.2, -0.15) is 0 Å². The third kappa shape index (κ3) is 5.95. The molecule has 0 saturated heterocycles. The second-order valence-corrected chi connectivity index (χ2v) is 22.5. The van der Waals surface area contributed by atoms with E-state index in [1.807, 2.05) is 11.3 Å². The van der Waals surface area contributed by atoms with Crippen molar-refractivity contribution in [1.29, 1.82) is 0 Å². The molecule has 302 valence electrons. The third-order valence-electron chi connectivity index (χ3n) is 14.1. The summed E-state index contributed by atoms with van der Waals surface area (Å²) in [5.41, 5.74) is 21.6. The van der Waals surface area contributed by atoms with Crippen molar-refractivity contribution in [1.82, 2.24) is 0 Å². The summed E-state index contributed by atoms with van der Waals surface area (Å²) in [6.45, 7) is 28.5. The first-order valence-electron chi connectivity index (χ1n) is 22.1. The van der Waals surface area contributed by atoms with E-state index in [1.165, 1.54) is 111 Å². The fourth-order valence-electron chi connectivity index (χ4n) is 10.7. The lowest BCUT2D eigenvalue weighted by atomic mass is 9.33. The molecule has 2 nitrogen and oxygen atoms in total. The molecule has 0 spiro atoms. The normalized spacial score (nSPS) is 16.4. The standard InChI is InChI=1S/C56H59BN2S/c1-34-18-27-47-41(30-34)49-52(60-47)59(44-26-21-38(54(6,7)8)33-40(44)36-16-14-13-15-17-36)46-32-35(2)31-45-50(46)57(49)43-25-24-42-48(56(11,12)29-28-55(42,9)10)51(43)58(45)39-22-19-37(20-23-39)53(3,4)5/h13-27,30-33H,28-29H2,1-12H3. The van der Waals surface area contributed by atoms with Crippen molar-refractivity contribution in [3.05, 3.63) is 149 Å². The molecule has 0 N–H and O–H groups in total. The molecule has 2 aliphatic heterocycles. The molecule has 0 bridgehead atoms. The second-order valence-electron chi connectivity index (χ2n) is 21.5. The predicted octanol–water partition coefficient (Wildman–Crippen LogP) is 14.2. The molecule has 0 radical (unpaired) electrons. The van der Waals surface area contributed by atoms with E-state index in [4.69, 9.17) is 0 Å². The second kappa shape index (κ2) is 13.2. The molecule has 3 heterocycles. The first kappa shape index (κ1) is 39.1. The van der Waals surface area contributed by atoms with E-state index >= 15 is 0 Å². The van der Waals surface area contributed by atoms with Gasteiger partial charge in [0.1, 0.15) is 0 Å². The van der Waals surface area contributed by atoms with Gasteiger partial charge in [-0.3, -0.25) is 0 Å². The Bertz CT molecular complexity index is 2860. The zero-order chi connectivity index (χ0) is 42.3. The Hall–Kier alpha value is -5.06. The highest BCUT2D eigenvalue weighted by Gasteiger charge is 2.49. The van der Waals surface area contributed by atoms with Crippen molar-refractivity contribution >= 4 is 78.0 Å². The van der Waals surface area contributed by atoms with Gasteiger partial charge in [-0.25, -0.2) is 0 Å². The van der Waals surface area contributed by atoms with Crippen molar-refractivity contribution in [2.75, 3.05) is 9.80 Å². The maximum atomic E-state index is 2.69. The van der Waals surface area contributed by atoms with Crippen LogP contribution in [-0.2, 0) is 21.7 Å². The summed E-state index contributed by atoms with van der Waals surface area (Å²) in [6.07, 6.45) is 2.34. The summed E-state index contributed by atoms with van der Waals surface area (Å²) < 4.78 is 1.34. The predicted molar refractivity (Wildman–Crippen MR) is 263 cm³/mol. The van der Waals surface area contributed by atoms with E-state index < -0.39 is 0 Å². The van der Waals surface area contributed by atoms with E-state index in [1.54, 1.807) is 0 Å². The molecule has 1 aliphatic carbocycles. The van der Waals surface area contributed by atoms with Gasteiger partial charge >= 0.3 is 0 Å². The highest BCUT2D eigenvalue weighted by molar-refractivity contribution is 7.26. The summed E-state index contributed by atoms with van der Waals surface area (Å²) in [4.78, 5) is 5.35. The van der Waals surface area contributed by atoms with Crippen LogP contribution in [0.25, 0.3) is 21.2 Å². The first-order chi connectivity index (χ1) is 28.3. The van der Waals surface area contributed by atoms with E-state index in [0.717, 1.165) is 6.42 Å². The van der Waals surface area contributed by atoms with Crippen LogP contribution in [0.5, 0.6) is 0 Å². The topological polar surface area (TPSA) is 6.48 Å². The van der Waals surface area contributed by atoms with Gasteiger partial charge in [-0.05, 0) is 146 Å². The molecular formula is C56H59BN2S. The Kier molecular flexibility index (Phi) is 8.62. The van der Waals surface area contributed by atoms with Crippen LogP contribution in [0.1, 0.15) is 115 Å². The molecular weight excluding hydrogens is 744 g/mol. The lowest BCUT2D eigenvalue weighted by Gasteiger charge is -2.49. The Morgan fingerprint density at radius 3 is 1.92 bits per heavy atom. The van der Waals surface area contributed by atoms with Crippen molar-refractivity contribution in [2.45, 2.75) is 118 Å². The molecule has 4 heteroatoms. The van der Waals surface area contributed by atoms with Gasteiger partial charge in [0, 0.05) is 33.0 Å². The monoisotopic (exact) mass is 802 g/mol. The zero-order valence-electron chi connectivity index (χ0n) is 37.8. The van der Waals surface area contributed by atoms with Gasteiger partial charge in [0.15, 0.2) is 0 Å². The molecule has 0 saturated carbocycles. The number of rotatable bonds is 3. The minimum atomic E-state index is 0.000174. The summed E-state index contributed by atoms with van der Waals surface area (Å²) in [5.74, 6) is 0. The molecule has 7 aromatic rings. The average Bonchev–Trinajstić information content (AvgIpc) is 3.56. The lowest BCUT2D eigenvalue weighted by molar-refractivity contribution is 0.333. The van der Waals surface area contributed by atoms with Crippen LogP contribution in [0.4, 0.5) is 33.4 Å². The van der Waals surface area contributed by atoms with Crippen LogP contribution in [0.15, 0.2) is 115 Å². The van der Waals surface area contributed by atoms with Crippen LogP contribution in [0.2, 0.25) is 0 Å². The van der Waals surface area contributed by atoms with Gasteiger partial charge in [-0.15, -0.1) is 11.3 Å². The van der Waals surface area contributed by atoms with Crippen molar-refractivity contribution in [3.63, 3.8) is 0 Å². The smallest absolute Gasteiger partial charge is 0.254 e. The summed E-state index contributed by atoms with van der Waals surface area (Å²) in [7, 11) is 0. The van der Waals surface area contributed by atoms with E-state index in [0.29, 0.717) is 0 Å². The number of fused-ring (bicyclic) bond motifs is 8. The van der Waals surface area contributed by atoms with Gasteiger partial charge in [0.05, 0.1) is 10.7 Å². The molecule has 0 amide bonds. The number of nitrogens with zero attached hydrogens (tertiary/aromatic N) is 2. The summed E-state index contributed by atoms with van der Waals surface area (Å²) in [5, 5.41) is 2.71. The van der Waals surface area contributed by atoms with Crippen molar-refractivity contribution < 1.29 is 0 Å². The van der Waals surface area contributed by atoms with Crippen LogP contribution >= 0.6 is 11.3 Å². The van der Waals surface area contributed by atoms with Crippen LogP contribution in [0, 0.1) is 13.8 Å². The van der Waals surface area contributed by atoms with Crippen molar-refractivity contribution in [2.24, 2.45) is 0 Å². The fraction of sp³-hybridized carbons (Fsp3) is 0.321. The number of hydrogen-bond acceptors (Lipinski definition) is 3. The number of hydrogen-bond donors (Lipinski definition) is 0. The molecule has 0 unspecified atom stereocenters. The maximum absolute atomic E-state index is 2.69. The quantitative estimate of drug-likeness (QED) is 0.164. The molecule has 3 aliphatic rings. The molecule has 6 aromatic carbocycles. The molecule has 0 atom stereocenters.